The summed E-state index contributed by atoms with van der Waals surface area (Å²) in [6.45, 7) is 9.52. The van der Waals surface area contributed by atoms with Crippen molar-refractivity contribution in [3.8, 4) is 0 Å². The van der Waals surface area contributed by atoms with Crippen molar-refractivity contribution in [1.29, 1.82) is 0 Å². The third-order valence-corrected chi connectivity index (χ3v) is 6.32. The summed E-state index contributed by atoms with van der Waals surface area (Å²) in [5, 5.41) is 23.8. The average molecular weight is 536 g/mol. The van der Waals surface area contributed by atoms with Crippen LogP contribution in [0.25, 0.3) is 0 Å². The van der Waals surface area contributed by atoms with E-state index in [-0.39, 0.29) is 35.4 Å². The molecule has 0 saturated heterocycles. The maximum absolute atomic E-state index is 13.0. The Morgan fingerprint density at radius 2 is 1.90 bits per heavy atom. The van der Waals surface area contributed by atoms with E-state index in [9.17, 15) is 19.8 Å². The molecule has 0 aliphatic carbocycles. The Morgan fingerprint density at radius 1 is 1.18 bits per heavy atom. The molecule has 211 valence electrons. The van der Waals surface area contributed by atoms with Crippen LogP contribution in [0.5, 0.6) is 0 Å². The van der Waals surface area contributed by atoms with Gasteiger partial charge in [0.2, 0.25) is 0 Å². The Kier molecular flexibility index (Phi) is 15.5. The number of aliphatic hydroxyl groups excluding tert-OH is 2. The number of esters is 1. The van der Waals surface area contributed by atoms with E-state index in [0.29, 0.717) is 37.0 Å². The molecular weight excluding hydrogens is 493 g/mol. The zero-order valence-electron chi connectivity index (χ0n) is 24.1. The quantitative estimate of drug-likeness (QED) is 0.0817. The van der Waals surface area contributed by atoms with Crippen LogP contribution in [0.2, 0.25) is 0 Å². The van der Waals surface area contributed by atoms with Crippen LogP contribution >= 0.6 is 0 Å². The van der Waals surface area contributed by atoms with Crippen LogP contribution in [0.1, 0.15) is 66.7 Å². The summed E-state index contributed by atoms with van der Waals surface area (Å²) in [5.41, 5.74) is 2.17. The third kappa shape index (κ3) is 12.3. The summed E-state index contributed by atoms with van der Waals surface area (Å²) in [6.07, 6.45) is 17.5. The number of ether oxygens (including phenoxy) is 2. The Hall–Kier alpha value is -3.39. The topological polar surface area (TPSA) is 105 Å². The molecular formula is C31H43BNO6. The van der Waals surface area contributed by atoms with Crippen LogP contribution in [0.3, 0.4) is 0 Å². The molecule has 0 fully saturated rings. The van der Waals surface area contributed by atoms with E-state index >= 15 is 0 Å². The number of hydrogen-bond acceptors (Lipinski definition) is 7. The maximum atomic E-state index is 13.0. The molecule has 0 aromatic rings. The Balaban J connectivity index is 2.75. The summed E-state index contributed by atoms with van der Waals surface area (Å²) in [6, 6.07) is 0. The number of ketones is 1. The fourth-order valence-electron chi connectivity index (χ4n) is 3.62. The fourth-order valence-corrected chi connectivity index (χ4v) is 3.62. The van der Waals surface area contributed by atoms with Crippen LogP contribution in [0.15, 0.2) is 82.5 Å². The Morgan fingerprint density at radius 3 is 2.54 bits per heavy atom. The number of methoxy groups -OCH3 is 1. The molecule has 2 unspecified atom stereocenters. The van der Waals surface area contributed by atoms with Gasteiger partial charge in [-0.3, -0.25) is 0 Å². The van der Waals surface area contributed by atoms with Crippen molar-refractivity contribution in [3.63, 3.8) is 0 Å². The number of Topliss-reactive ketones (excluding diaryl/α,β-unsaturated/α-hetero) is 1. The second-order valence-corrected chi connectivity index (χ2v) is 9.61. The van der Waals surface area contributed by atoms with Gasteiger partial charge in [-0.1, -0.05) is 12.2 Å². The minimum absolute atomic E-state index is 0.0602. The third-order valence-electron chi connectivity index (χ3n) is 6.32. The number of nitrogens with one attached hydrogen (secondary N) is 1. The molecule has 0 bridgehead atoms. The summed E-state index contributed by atoms with van der Waals surface area (Å²) in [7, 11) is 7.38. The molecule has 3 N–H and O–H groups in total. The van der Waals surface area contributed by atoms with Crippen LogP contribution < -0.4 is 5.32 Å². The zero-order chi connectivity index (χ0) is 29.4. The van der Waals surface area contributed by atoms with Crippen LogP contribution in [0, 0.1) is 5.92 Å². The van der Waals surface area contributed by atoms with Gasteiger partial charge in [0.15, 0.2) is 0 Å². The van der Waals surface area contributed by atoms with Gasteiger partial charge in [0.05, 0.1) is 7.11 Å². The minimum atomic E-state index is -0.510. The molecule has 7 nitrogen and oxygen atoms in total. The van der Waals surface area contributed by atoms with E-state index in [1.807, 2.05) is 58.1 Å². The van der Waals surface area contributed by atoms with Crippen LogP contribution in [-0.4, -0.2) is 54.9 Å². The predicted molar refractivity (Wildman–Crippen MR) is 158 cm³/mol. The second kappa shape index (κ2) is 18.0. The first-order valence-corrected chi connectivity index (χ1v) is 13.3. The first kappa shape index (κ1) is 33.6. The van der Waals surface area contributed by atoms with Crippen molar-refractivity contribution in [3.05, 3.63) is 82.5 Å². The summed E-state index contributed by atoms with van der Waals surface area (Å²) < 4.78 is 10.3. The van der Waals surface area contributed by atoms with E-state index in [1.165, 1.54) is 13.2 Å². The van der Waals surface area contributed by atoms with E-state index in [4.69, 9.17) is 12.2 Å². The molecule has 1 rings (SSSR count). The van der Waals surface area contributed by atoms with Gasteiger partial charge in [-0.25, -0.2) is 0 Å². The van der Waals surface area contributed by atoms with E-state index < -0.39 is 11.9 Å². The Labute approximate surface area is 234 Å². The van der Waals surface area contributed by atoms with Crippen molar-refractivity contribution in [2.24, 2.45) is 5.92 Å². The smallest absolute Gasteiger partial charge is 0.0914 e. The second-order valence-electron chi connectivity index (χ2n) is 9.61. The number of carbonyl (C=O) groups is 2. The van der Waals surface area contributed by atoms with Gasteiger partial charge in [0.25, 0.3) is 0 Å². The molecule has 1 aliphatic heterocycles. The first-order chi connectivity index (χ1) is 18.5. The molecule has 0 aromatic carbocycles. The summed E-state index contributed by atoms with van der Waals surface area (Å²) in [4.78, 5) is 24.1. The van der Waals surface area contributed by atoms with Gasteiger partial charge >= 0.3 is 202 Å². The average Bonchev–Trinajstić information content (AvgIpc) is 2.91. The molecule has 39 heavy (non-hydrogen) atoms. The zero-order valence-corrected chi connectivity index (χ0v) is 24.1. The summed E-state index contributed by atoms with van der Waals surface area (Å²) >= 11 is 0. The van der Waals surface area contributed by atoms with Crippen molar-refractivity contribution in [2.45, 2.75) is 72.8 Å². The van der Waals surface area contributed by atoms with Gasteiger partial charge < -0.3 is 0 Å². The SMILES string of the molecule is [B]=C1OC(C(C)CC/C=C/NCC(=O)OC)=CC(O)=C1C(=O)/C(C)=C/C=C(\C)CCC(O)/C(C)=C/C/C=C/C. The molecule has 2 atom stereocenters. The summed E-state index contributed by atoms with van der Waals surface area (Å²) in [5.74, 6) is -0.579. The predicted octanol–water partition coefficient (Wildman–Crippen LogP) is 5.22. The van der Waals surface area contributed by atoms with Gasteiger partial charge in [0, 0.05) is 0 Å². The van der Waals surface area contributed by atoms with Crippen molar-refractivity contribution in [1.82, 2.24) is 5.32 Å². The van der Waals surface area contributed by atoms with Gasteiger partial charge in [-0.05, 0) is 13.3 Å². The molecule has 0 saturated carbocycles. The van der Waals surface area contributed by atoms with Crippen LogP contribution in [-0.2, 0) is 19.1 Å². The number of rotatable bonds is 16. The van der Waals surface area contributed by atoms with E-state index in [0.717, 1.165) is 17.6 Å². The van der Waals surface area contributed by atoms with Crippen molar-refractivity contribution in [2.75, 3.05) is 13.7 Å². The van der Waals surface area contributed by atoms with Crippen molar-refractivity contribution < 1.29 is 29.3 Å². The monoisotopic (exact) mass is 536 g/mol. The molecule has 0 spiro atoms. The van der Waals surface area contributed by atoms with Gasteiger partial charge in [0.1, 0.15) is 0 Å². The standard InChI is InChI=1S/C31H43BNO6/c1-7-8-9-12-22(3)25(34)17-15-21(2)14-16-24(5)30(37)29-26(35)19-27(39-31(29)32)23(4)13-10-11-18-33-20-28(36)38-6/h7-8,11-12,14,16,18-19,23,25,33-35H,9-10,13,15,17,20H2,1-6H3/b8-7+,18-11+,21-14+,22-12+,24-16+. The molecule has 0 amide bonds. The number of allylic oxidation sites excluding steroid dienone is 10. The van der Waals surface area contributed by atoms with E-state index in [2.05, 4.69) is 10.1 Å². The van der Waals surface area contributed by atoms with Gasteiger partial charge in [-0.15, -0.1) is 0 Å². The molecule has 1 heterocycles. The Bertz CT molecular complexity index is 1090. The fraction of sp³-hybridized carbons (Fsp3) is 0.452. The number of hydrogen-bond donors (Lipinski definition) is 3. The number of aliphatic hydroxyl groups is 2. The van der Waals surface area contributed by atoms with Crippen LogP contribution in [0.4, 0.5) is 0 Å². The molecule has 0 aromatic heterocycles. The normalized spacial score (nSPS) is 16.8. The minimum Gasteiger partial charge on any atom is -0.0914 e. The molecule has 1 radical (unpaired) electrons. The first-order valence-electron chi connectivity index (χ1n) is 13.3. The molecule has 1 aliphatic rings. The molecule has 8 heteroatoms. The number of carbonyl (C=O) groups excluding carboxylic acids is 2. The van der Waals surface area contributed by atoms with Crippen molar-refractivity contribution >= 4 is 24.9 Å². The van der Waals surface area contributed by atoms with E-state index in [1.54, 1.807) is 19.2 Å². The van der Waals surface area contributed by atoms with Gasteiger partial charge in [-0.2, -0.15) is 0 Å².